The first kappa shape index (κ1) is 18.0. The van der Waals surface area contributed by atoms with Crippen molar-refractivity contribution in [2.75, 3.05) is 27.2 Å². The molecular formula is C22H24N2O2S. The highest BCUT2D eigenvalue weighted by molar-refractivity contribution is 7.21. The molecule has 5 heteroatoms. The van der Waals surface area contributed by atoms with Gasteiger partial charge in [-0.2, -0.15) is 0 Å². The average molecular weight is 381 g/mol. The van der Waals surface area contributed by atoms with E-state index in [0.717, 1.165) is 36.7 Å². The third kappa shape index (κ3) is 3.57. The van der Waals surface area contributed by atoms with Crippen molar-refractivity contribution in [3.05, 3.63) is 64.5 Å². The molecule has 3 aromatic rings. The number of amides is 1. The summed E-state index contributed by atoms with van der Waals surface area (Å²) >= 11 is 1.61. The van der Waals surface area contributed by atoms with Crippen molar-refractivity contribution in [1.82, 2.24) is 10.2 Å². The molecule has 1 aliphatic heterocycles. The van der Waals surface area contributed by atoms with Gasteiger partial charge >= 0.3 is 0 Å². The smallest absolute Gasteiger partial charge is 0.261 e. The predicted octanol–water partition coefficient (Wildman–Crippen LogP) is 4.26. The standard InChI is InChI=1S/C22H24N2O2S/c1-23-22(25)21-20(18-8-3-4-9-19(18)27-21)16-10-11-24(14-16)13-15-6-5-7-17(12-15)26-2/h3-9,12,16H,10-11,13-14H2,1-2H3,(H,23,25). The molecule has 0 aliphatic carbocycles. The van der Waals surface area contributed by atoms with E-state index in [2.05, 4.69) is 40.5 Å². The van der Waals surface area contributed by atoms with Gasteiger partial charge in [-0.1, -0.05) is 30.3 Å². The van der Waals surface area contributed by atoms with Crippen LogP contribution in [0.5, 0.6) is 5.75 Å². The second-order valence-corrected chi connectivity index (χ2v) is 8.04. The van der Waals surface area contributed by atoms with E-state index in [1.165, 1.54) is 21.2 Å². The number of methoxy groups -OCH3 is 1. The minimum atomic E-state index is 0.0254. The predicted molar refractivity (Wildman–Crippen MR) is 111 cm³/mol. The first-order valence-corrected chi connectivity index (χ1v) is 10.1. The Kier molecular flexibility index (Phi) is 5.14. The van der Waals surface area contributed by atoms with E-state index < -0.39 is 0 Å². The van der Waals surface area contributed by atoms with Gasteiger partial charge in [-0.25, -0.2) is 0 Å². The van der Waals surface area contributed by atoms with Crippen LogP contribution in [0.25, 0.3) is 10.1 Å². The summed E-state index contributed by atoms with van der Waals surface area (Å²) in [5.74, 6) is 1.31. The van der Waals surface area contributed by atoms with Crippen molar-refractivity contribution >= 4 is 27.3 Å². The van der Waals surface area contributed by atoms with Crippen LogP contribution in [-0.2, 0) is 6.54 Å². The Hall–Kier alpha value is -2.37. The minimum Gasteiger partial charge on any atom is -0.497 e. The molecule has 1 saturated heterocycles. The number of hydrogen-bond donors (Lipinski definition) is 1. The molecule has 0 spiro atoms. The zero-order valence-electron chi connectivity index (χ0n) is 15.7. The molecule has 2 aromatic carbocycles. The Balaban J connectivity index is 1.59. The lowest BCUT2D eigenvalue weighted by molar-refractivity contribution is 0.0966. The van der Waals surface area contributed by atoms with Gasteiger partial charge in [-0.15, -0.1) is 11.3 Å². The number of nitrogens with one attached hydrogen (secondary N) is 1. The van der Waals surface area contributed by atoms with Crippen LogP contribution in [0.1, 0.15) is 33.1 Å². The summed E-state index contributed by atoms with van der Waals surface area (Å²) < 4.78 is 6.53. The maximum absolute atomic E-state index is 12.5. The average Bonchev–Trinajstić information content (AvgIpc) is 3.31. The molecule has 0 saturated carbocycles. The van der Waals surface area contributed by atoms with Crippen LogP contribution in [-0.4, -0.2) is 38.1 Å². The number of fused-ring (bicyclic) bond motifs is 1. The Morgan fingerprint density at radius 1 is 1.26 bits per heavy atom. The molecule has 1 amide bonds. The van der Waals surface area contributed by atoms with E-state index in [9.17, 15) is 4.79 Å². The van der Waals surface area contributed by atoms with Crippen LogP contribution >= 0.6 is 11.3 Å². The Bertz CT molecular complexity index is 966. The van der Waals surface area contributed by atoms with Crippen molar-refractivity contribution in [2.24, 2.45) is 0 Å². The van der Waals surface area contributed by atoms with E-state index in [1.807, 2.05) is 18.2 Å². The monoisotopic (exact) mass is 380 g/mol. The van der Waals surface area contributed by atoms with E-state index in [4.69, 9.17) is 4.74 Å². The van der Waals surface area contributed by atoms with E-state index >= 15 is 0 Å². The highest BCUT2D eigenvalue weighted by Crippen LogP contribution is 2.40. The van der Waals surface area contributed by atoms with Crippen molar-refractivity contribution < 1.29 is 9.53 Å². The topological polar surface area (TPSA) is 41.6 Å². The van der Waals surface area contributed by atoms with Gasteiger partial charge < -0.3 is 10.1 Å². The fraction of sp³-hybridized carbons (Fsp3) is 0.318. The molecule has 1 aliphatic rings. The summed E-state index contributed by atoms with van der Waals surface area (Å²) in [6.45, 7) is 2.92. The van der Waals surface area contributed by atoms with Gasteiger partial charge in [-0.05, 0) is 47.7 Å². The van der Waals surface area contributed by atoms with Crippen LogP contribution in [0.15, 0.2) is 48.5 Å². The molecule has 4 rings (SSSR count). The van der Waals surface area contributed by atoms with Gasteiger partial charge in [0.05, 0.1) is 12.0 Å². The second kappa shape index (κ2) is 7.71. The number of thiophene rings is 1. The highest BCUT2D eigenvalue weighted by atomic mass is 32.1. The summed E-state index contributed by atoms with van der Waals surface area (Å²) in [6.07, 6.45) is 1.08. The van der Waals surface area contributed by atoms with Crippen molar-refractivity contribution in [1.29, 1.82) is 0 Å². The van der Waals surface area contributed by atoms with Crippen LogP contribution in [0.4, 0.5) is 0 Å². The maximum Gasteiger partial charge on any atom is 0.261 e. The number of carbonyl (C=O) groups is 1. The first-order valence-electron chi connectivity index (χ1n) is 9.28. The second-order valence-electron chi connectivity index (χ2n) is 6.99. The fourth-order valence-corrected chi connectivity index (χ4v) is 5.23. The number of benzene rings is 2. The van der Waals surface area contributed by atoms with Gasteiger partial charge in [0.25, 0.3) is 5.91 Å². The quantitative estimate of drug-likeness (QED) is 0.719. The van der Waals surface area contributed by atoms with Crippen LogP contribution < -0.4 is 10.1 Å². The molecule has 1 atom stereocenters. The zero-order valence-corrected chi connectivity index (χ0v) is 16.5. The molecule has 2 heterocycles. The molecule has 27 heavy (non-hydrogen) atoms. The molecule has 140 valence electrons. The summed E-state index contributed by atoms with van der Waals surface area (Å²) in [7, 11) is 3.41. The zero-order chi connectivity index (χ0) is 18.8. The highest BCUT2D eigenvalue weighted by Gasteiger charge is 2.30. The van der Waals surface area contributed by atoms with Crippen LogP contribution in [0.2, 0.25) is 0 Å². The van der Waals surface area contributed by atoms with Gasteiger partial charge in [0.1, 0.15) is 5.75 Å². The largest absolute Gasteiger partial charge is 0.497 e. The maximum atomic E-state index is 12.5. The third-order valence-corrected chi connectivity index (χ3v) is 6.47. The SMILES string of the molecule is CNC(=O)c1sc2ccccc2c1C1CCN(Cc2cccc(OC)c2)C1. The number of nitrogens with zero attached hydrogens (tertiary/aromatic N) is 1. The molecule has 1 N–H and O–H groups in total. The lowest BCUT2D eigenvalue weighted by Crippen LogP contribution is -2.21. The Morgan fingerprint density at radius 3 is 2.93 bits per heavy atom. The fourth-order valence-electron chi connectivity index (χ4n) is 3.99. The molecule has 0 bridgehead atoms. The van der Waals surface area contributed by atoms with E-state index in [0.29, 0.717) is 5.92 Å². The number of ether oxygens (including phenoxy) is 1. The van der Waals surface area contributed by atoms with Gasteiger partial charge in [0.15, 0.2) is 0 Å². The van der Waals surface area contributed by atoms with Crippen LogP contribution in [0.3, 0.4) is 0 Å². The normalized spacial score (nSPS) is 17.3. The summed E-state index contributed by atoms with van der Waals surface area (Å²) in [6, 6.07) is 16.6. The molecule has 0 radical (unpaired) electrons. The third-order valence-electron chi connectivity index (χ3n) is 5.29. The summed E-state index contributed by atoms with van der Waals surface area (Å²) in [5, 5.41) is 4.04. The number of hydrogen-bond acceptors (Lipinski definition) is 4. The Labute approximate surface area is 163 Å². The Morgan fingerprint density at radius 2 is 2.11 bits per heavy atom. The lowest BCUT2D eigenvalue weighted by atomic mass is 9.95. The van der Waals surface area contributed by atoms with Gasteiger partial charge in [0, 0.05) is 30.8 Å². The summed E-state index contributed by atoms with van der Waals surface area (Å²) in [5.41, 5.74) is 2.49. The van der Waals surface area contributed by atoms with Crippen molar-refractivity contribution in [3.8, 4) is 5.75 Å². The molecule has 1 fully saturated rings. The van der Waals surface area contributed by atoms with Gasteiger partial charge in [-0.3, -0.25) is 9.69 Å². The van der Waals surface area contributed by atoms with Crippen molar-refractivity contribution in [2.45, 2.75) is 18.9 Å². The van der Waals surface area contributed by atoms with Gasteiger partial charge in [0.2, 0.25) is 0 Å². The lowest BCUT2D eigenvalue weighted by Gasteiger charge is -2.17. The summed E-state index contributed by atoms with van der Waals surface area (Å²) in [4.78, 5) is 15.8. The van der Waals surface area contributed by atoms with Crippen LogP contribution in [0, 0.1) is 0 Å². The number of likely N-dealkylation sites (tertiary alicyclic amines) is 1. The molecular weight excluding hydrogens is 356 g/mol. The molecule has 1 unspecified atom stereocenters. The first-order chi connectivity index (χ1) is 13.2. The van der Waals surface area contributed by atoms with Crippen molar-refractivity contribution in [3.63, 3.8) is 0 Å². The number of carbonyl (C=O) groups excluding carboxylic acids is 1. The van der Waals surface area contributed by atoms with E-state index in [-0.39, 0.29) is 5.91 Å². The minimum absolute atomic E-state index is 0.0254. The number of rotatable bonds is 5. The molecule has 4 nitrogen and oxygen atoms in total. The van der Waals surface area contributed by atoms with E-state index in [1.54, 1.807) is 25.5 Å². The molecule has 1 aromatic heterocycles.